The van der Waals surface area contributed by atoms with Crippen LogP contribution in [0, 0.1) is 0 Å². The van der Waals surface area contributed by atoms with Gasteiger partial charge in [-0.15, -0.1) is 0 Å². The normalized spacial score (nSPS) is 15.7. The number of carbonyl (C=O) groups excluding carboxylic acids is 1. The second kappa shape index (κ2) is 10.5. The fourth-order valence-electron chi connectivity index (χ4n) is 2.98. The van der Waals surface area contributed by atoms with Crippen molar-refractivity contribution < 1.29 is 14.3 Å². The highest BCUT2D eigenvalue weighted by Crippen LogP contribution is 2.35. The number of rotatable bonds is 6. The van der Waals surface area contributed by atoms with Gasteiger partial charge in [0.15, 0.2) is 16.7 Å². The first-order chi connectivity index (χ1) is 15.9. The fraction of sp³-hybridized carbons (Fsp3) is 0.0833. The first-order valence-corrected chi connectivity index (χ1v) is 11.7. The molecule has 3 aromatic carbocycles. The molecule has 1 amide bonds. The molecule has 0 unspecified atom stereocenters. The van der Waals surface area contributed by atoms with E-state index in [1.54, 1.807) is 43.5 Å². The molecule has 1 aliphatic heterocycles. The number of methoxy groups -OCH3 is 1. The van der Waals surface area contributed by atoms with Crippen LogP contribution >= 0.6 is 46.6 Å². The lowest BCUT2D eigenvalue weighted by molar-refractivity contribution is -0.115. The predicted octanol–water partition coefficient (Wildman–Crippen LogP) is 7.13. The van der Waals surface area contributed by atoms with E-state index < -0.39 is 0 Å². The zero-order chi connectivity index (χ0) is 23.4. The van der Waals surface area contributed by atoms with Crippen molar-refractivity contribution in [2.75, 3.05) is 7.11 Å². The molecule has 0 aromatic heterocycles. The lowest BCUT2D eigenvalue weighted by Crippen LogP contribution is -2.19. The molecular formula is C24H17Cl3N2O3S. The Morgan fingerprint density at radius 3 is 2.58 bits per heavy atom. The van der Waals surface area contributed by atoms with Gasteiger partial charge in [-0.3, -0.25) is 4.79 Å². The first-order valence-electron chi connectivity index (χ1n) is 9.72. The number of halogens is 3. The third-order valence-electron chi connectivity index (χ3n) is 4.63. The minimum Gasteiger partial charge on any atom is -0.493 e. The SMILES string of the molecule is COc1cc(/C=C2\SC(=Nc3cccc(Cl)c3Cl)NC2=O)ccc1OCc1ccccc1Cl. The molecule has 4 rings (SSSR count). The number of nitrogens with one attached hydrogen (secondary N) is 1. The zero-order valence-corrected chi connectivity index (χ0v) is 20.4. The third-order valence-corrected chi connectivity index (χ3v) is 6.72. The van der Waals surface area contributed by atoms with Crippen LogP contribution in [-0.2, 0) is 11.4 Å². The van der Waals surface area contributed by atoms with Crippen LogP contribution in [0.4, 0.5) is 5.69 Å². The van der Waals surface area contributed by atoms with Gasteiger partial charge in [0, 0.05) is 10.6 Å². The van der Waals surface area contributed by atoms with E-state index >= 15 is 0 Å². The summed E-state index contributed by atoms with van der Waals surface area (Å²) in [5.74, 6) is 0.857. The number of amidine groups is 1. The maximum Gasteiger partial charge on any atom is 0.264 e. The van der Waals surface area contributed by atoms with Crippen molar-refractivity contribution in [2.24, 2.45) is 4.99 Å². The molecule has 0 aliphatic carbocycles. The molecule has 5 nitrogen and oxygen atoms in total. The molecule has 0 atom stereocenters. The van der Waals surface area contributed by atoms with Crippen molar-refractivity contribution >= 4 is 69.4 Å². The number of carbonyl (C=O) groups is 1. The molecule has 0 spiro atoms. The van der Waals surface area contributed by atoms with Gasteiger partial charge < -0.3 is 14.8 Å². The van der Waals surface area contributed by atoms with Crippen LogP contribution in [0.5, 0.6) is 11.5 Å². The molecule has 9 heteroatoms. The highest BCUT2D eigenvalue weighted by molar-refractivity contribution is 8.18. The summed E-state index contributed by atoms with van der Waals surface area (Å²) in [6.45, 7) is 0.306. The number of ether oxygens (including phenoxy) is 2. The van der Waals surface area contributed by atoms with Gasteiger partial charge in [-0.05, 0) is 53.7 Å². The molecule has 3 aromatic rings. The van der Waals surface area contributed by atoms with Crippen molar-refractivity contribution in [2.45, 2.75) is 6.61 Å². The summed E-state index contributed by atoms with van der Waals surface area (Å²) in [4.78, 5) is 17.3. The summed E-state index contributed by atoms with van der Waals surface area (Å²) in [5, 5.41) is 4.52. The quantitative estimate of drug-likeness (QED) is 0.352. The van der Waals surface area contributed by atoms with E-state index in [0.29, 0.717) is 48.9 Å². The number of thioether (sulfide) groups is 1. The largest absolute Gasteiger partial charge is 0.493 e. The third kappa shape index (κ3) is 5.65. The molecule has 0 bridgehead atoms. The Labute approximate surface area is 210 Å². The van der Waals surface area contributed by atoms with Gasteiger partial charge in [-0.1, -0.05) is 65.1 Å². The van der Waals surface area contributed by atoms with Gasteiger partial charge in [0.2, 0.25) is 0 Å². The molecule has 1 fully saturated rings. The Morgan fingerprint density at radius 1 is 1.00 bits per heavy atom. The van der Waals surface area contributed by atoms with Gasteiger partial charge in [0.1, 0.15) is 6.61 Å². The molecule has 1 saturated heterocycles. The fourth-order valence-corrected chi connectivity index (χ4v) is 4.35. The number of hydrogen-bond donors (Lipinski definition) is 1. The van der Waals surface area contributed by atoms with Gasteiger partial charge in [0.05, 0.1) is 27.7 Å². The Hall–Kier alpha value is -2.64. The van der Waals surface area contributed by atoms with E-state index in [2.05, 4.69) is 10.3 Å². The summed E-state index contributed by atoms with van der Waals surface area (Å²) in [7, 11) is 1.56. The number of hydrogen-bond acceptors (Lipinski definition) is 5. The van der Waals surface area contributed by atoms with Gasteiger partial charge in [-0.2, -0.15) is 0 Å². The lowest BCUT2D eigenvalue weighted by Gasteiger charge is -2.12. The van der Waals surface area contributed by atoms with Crippen molar-refractivity contribution in [3.8, 4) is 11.5 Å². The summed E-state index contributed by atoms with van der Waals surface area (Å²) < 4.78 is 11.4. The summed E-state index contributed by atoms with van der Waals surface area (Å²) >= 11 is 19.6. The maximum atomic E-state index is 12.4. The summed E-state index contributed by atoms with van der Waals surface area (Å²) in [5.41, 5.74) is 2.13. The van der Waals surface area contributed by atoms with E-state index in [1.165, 1.54) is 11.8 Å². The average Bonchev–Trinajstić information content (AvgIpc) is 3.15. The standard InChI is InChI=1S/C24H17Cl3N2O3S/c1-31-20-11-14(9-10-19(20)32-13-15-5-2-3-6-16(15)25)12-21-23(30)29-24(33-21)28-18-8-4-7-17(26)22(18)27/h2-12H,13H2,1H3,(H,28,29,30)/b21-12-. The van der Waals surface area contributed by atoms with Crippen molar-refractivity contribution in [1.82, 2.24) is 5.32 Å². The van der Waals surface area contributed by atoms with Crippen LogP contribution in [0.15, 0.2) is 70.6 Å². The number of benzene rings is 3. The number of amides is 1. The van der Waals surface area contributed by atoms with E-state index in [-0.39, 0.29) is 5.91 Å². The van der Waals surface area contributed by atoms with Gasteiger partial charge >= 0.3 is 0 Å². The van der Waals surface area contributed by atoms with Crippen LogP contribution < -0.4 is 14.8 Å². The zero-order valence-electron chi connectivity index (χ0n) is 17.3. The van der Waals surface area contributed by atoms with Crippen molar-refractivity contribution in [1.29, 1.82) is 0 Å². The predicted molar refractivity (Wildman–Crippen MR) is 136 cm³/mol. The highest BCUT2D eigenvalue weighted by atomic mass is 35.5. The number of aliphatic imine (C=N–C) groups is 1. The van der Waals surface area contributed by atoms with Crippen LogP contribution in [0.2, 0.25) is 15.1 Å². The molecule has 1 aliphatic rings. The highest BCUT2D eigenvalue weighted by Gasteiger charge is 2.24. The minimum atomic E-state index is -0.255. The second-order valence-corrected chi connectivity index (χ2v) is 9.07. The molecular weight excluding hydrogens is 503 g/mol. The molecule has 0 radical (unpaired) electrons. The summed E-state index contributed by atoms with van der Waals surface area (Å²) in [6.07, 6.45) is 1.75. The molecule has 0 saturated carbocycles. The second-order valence-electron chi connectivity index (χ2n) is 6.85. The van der Waals surface area contributed by atoms with Crippen molar-refractivity contribution in [3.63, 3.8) is 0 Å². The number of nitrogens with zero attached hydrogens (tertiary/aromatic N) is 1. The van der Waals surface area contributed by atoms with E-state index in [0.717, 1.165) is 11.1 Å². The van der Waals surface area contributed by atoms with E-state index in [4.69, 9.17) is 44.3 Å². The topological polar surface area (TPSA) is 59.9 Å². The van der Waals surface area contributed by atoms with Gasteiger partial charge in [-0.25, -0.2) is 4.99 Å². The van der Waals surface area contributed by atoms with Crippen LogP contribution in [0.1, 0.15) is 11.1 Å². The van der Waals surface area contributed by atoms with Crippen molar-refractivity contribution in [3.05, 3.63) is 91.8 Å². The first kappa shape index (κ1) is 23.5. The monoisotopic (exact) mass is 518 g/mol. The molecule has 33 heavy (non-hydrogen) atoms. The Balaban J connectivity index is 1.51. The maximum absolute atomic E-state index is 12.4. The van der Waals surface area contributed by atoms with E-state index in [9.17, 15) is 4.79 Å². The van der Waals surface area contributed by atoms with Gasteiger partial charge in [0.25, 0.3) is 5.91 Å². The smallest absolute Gasteiger partial charge is 0.264 e. The van der Waals surface area contributed by atoms with Crippen LogP contribution in [0.25, 0.3) is 6.08 Å². The average molecular weight is 520 g/mol. The lowest BCUT2D eigenvalue weighted by atomic mass is 10.2. The van der Waals surface area contributed by atoms with E-state index in [1.807, 2.05) is 30.3 Å². The minimum absolute atomic E-state index is 0.255. The molecule has 1 N–H and O–H groups in total. The summed E-state index contributed by atoms with van der Waals surface area (Å²) in [6, 6.07) is 18.1. The Kier molecular flexibility index (Phi) is 7.50. The molecule has 1 heterocycles. The Morgan fingerprint density at radius 2 is 1.79 bits per heavy atom. The Bertz CT molecular complexity index is 1280. The van der Waals surface area contributed by atoms with Crippen LogP contribution in [0.3, 0.4) is 0 Å². The molecule has 168 valence electrons. The van der Waals surface area contributed by atoms with Crippen LogP contribution in [-0.4, -0.2) is 18.2 Å².